The fraction of sp³-hybridized carbons (Fsp3) is 0.0833. The minimum absolute atomic E-state index is 0.217. The van der Waals surface area contributed by atoms with Crippen molar-refractivity contribution in [2.24, 2.45) is 5.73 Å². The molecule has 2 aromatic rings. The van der Waals surface area contributed by atoms with Gasteiger partial charge in [0.05, 0.1) is 5.69 Å². The molecule has 18 heavy (non-hydrogen) atoms. The minimum atomic E-state index is 0.217. The molecule has 1 aromatic heterocycles. The Labute approximate surface area is 119 Å². The van der Waals surface area contributed by atoms with Crippen LogP contribution in [-0.4, -0.2) is 15.0 Å². The van der Waals surface area contributed by atoms with Gasteiger partial charge in [-0.2, -0.15) is 0 Å². The van der Waals surface area contributed by atoms with Gasteiger partial charge < -0.3 is 11.1 Å². The maximum absolute atomic E-state index is 5.61. The molecule has 0 saturated carbocycles. The molecule has 0 unspecified atom stereocenters. The predicted octanol–water partition coefficient (Wildman–Crippen LogP) is 2.93. The van der Waals surface area contributed by atoms with Gasteiger partial charge in [-0.05, 0) is 34.5 Å². The van der Waals surface area contributed by atoms with E-state index >= 15 is 0 Å². The summed E-state index contributed by atoms with van der Waals surface area (Å²) >= 11 is 8.47. The molecule has 0 fully saturated rings. The third-order valence-electron chi connectivity index (χ3n) is 2.38. The largest absolute Gasteiger partial charge is 0.388 e. The summed E-state index contributed by atoms with van der Waals surface area (Å²) < 4.78 is 0.976. The third kappa shape index (κ3) is 2.65. The van der Waals surface area contributed by atoms with Crippen molar-refractivity contribution in [3.63, 3.8) is 0 Å². The number of aryl methyl sites for hydroxylation is 1. The molecule has 6 heteroatoms. The zero-order valence-corrected chi connectivity index (χ0v) is 12.0. The maximum atomic E-state index is 5.61. The molecule has 0 atom stereocenters. The van der Waals surface area contributed by atoms with Crippen molar-refractivity contribution in [1.29, 1.82) is 0 Å². The van der Waals surface area contributed by atoms with Crippen molar-refractivity contribution in [2.45, 2.75) is 6.92 Å². The van der Waals surface area contributed by atoms with E-state index in [0.717, 1.165) is 15.7 Å². The number of benzene rings is 1. The molecule has 0 spiro atoms. The molecule has 0 aliphatic rings. The maximum Gasteiger partial charge on any atom is 0.159 e. The van der Waals surface area contributed by atoms with Gasteiger partial charge in [-0.3, -0.25) is 0 Å². The number of rotatable bonds is 3. The molecule has 0 aliphatic heterocycles. The van der Waals surface area contributed by atoms with Gasteiger partial charge >= 0.3 is 0 Å². The van der Waals surface area contributed by atoms with Crippen LogP contribution in [-0.2, 0) is 0 Å². The number of thiocarbonyl (C=S) groups is 1. The first-order valence-corrected chi connectivity index (χ1v) is 6.42. The lowest BCUT2D eigenvalue weighted by Crippen LogP contribution is -2.15. The lowest BCUT2D eigenvalue weighted by atomic mass is 10.2. The summed E-state index contributed by atoms with van der Waals surface area (Å²) in [6.45, 7) is 2.01. The van der Waals surface area contributed by atoms with Crippen LogP contribution in [0.15, 0.2) is 35.1 Å². The lowest BCUT2D eigenvalue weighted by Gasteiger charge is -2.11. The van der Waals surface area contributed by atoms with Crippen LogP contribution in [0.2, 0.25) is 0 Å². The van der Waals surface area contributed by atoms with Gasteiger partial charge in [0, 0.05) is 16.9 Å². The van der Waals surface area contributed by atoms with E-state index in [4.69, 9.17) is 18.0 Å². The molecule has 2 rings (SSSR count). The molecule has 0 amide bonds. The fourth-order valence-corrected chi connectivity index (χ4v) is 1.99. The molecule has 4 nitrogen and oxygen atoms in total. The van der Waals surface area contributed by atoms with E-state index in [1.807, 2.05) is 25.1 Å². The monoisotopic (exact) mass is 322 g/mol. The molecule has 0 radical (unpaired) electrons. The van der Waals surface area contributed by atoms with Crippen LogP contribution in [0.1, 0.15) is 11.3 Å². The summed E-state index contributed by atoms with van der Waals surface area (Å²) in [5.41, 5.74) is 8.12. The molecule has 1 aromatic carbocycles. The molecule has 0 aliphatic carbocycles. The summed E-state index contributed by atoms with van der Waals surface area (Å²) in [6, 6.07) is 5.91. The van der Waals surface area contributed by atoms with Crippen LogP contribution in [0.25, 0.3) is 0 Å². The predicted molar refractivity (Wildman–Crippen MR) is 80.1 cm³/mol. The normalized spacial score (nSPS) is 10.1. The summed E-state index contributed by atoms with van der Waals surface area (Å²) in [4.78, 5) is 8.54. The molecule has 3 N–H and O–H groups in total. The van der Waals surface area contributed by atoms with Crippen molar-refractivity contribution < 1.29 is 0 Å². The van der Waals surface area contributed by atoms with Gasteiger partial charge in [0.2, 0.25) is 0 Å². The van der Waals surface area contributed by atoms with E-state index in [2.05, 4.69) is 31.2 Å². The summed E-state index contributed by atoms with van der Waals surface area (Å²) in [5.74, 6) is 0.552. The third-order valence-corrected chi connectivity index (χ3v) is 3.62. The molecule has 1 heterocycles. The Hall–Kier alpha value is -1.53. The zero-order chi connectivity index (χ0) is 13.1. The molecule has 92 valence electrons. The number of halogens is 1. The van der Waals surface area contributed by atoms with Crippen molar-refractivity contribution in [2.75, 3.05) is 5.32 Å². The number of hydrogen-bond acceptors (Lipinski definition) is 4. The van der Waals surface area contributed by atoms with Crippen LogP contribution < -0.4 is 11.1 Å². The highest BCUT2D eigenvalue weighted by molar-refractivity contribution is 9.10. The number of aromatic nitrogens is 2. The Bertz CT molecular complexity index is 600. The SMILES string of the molecule is Cc1cccc(Nc2nccnc2C(N)=S)c1Br. The number of anilines is 2. The highest BCUT2D eigenvalue weighted by Crippen LogP contribution is 2.28. The summed E-state index contributed by atoms with van der Waals surface area (Å²) in [6.07, 6.45) is 3.15. The van der Waals surface area contributed by atoms with E-state index in [0.29, 0.717) is 11.5 Å². The molecule has 0 saturated heterocycles. The van der Waals surface area contributed by atoms with Crippen molar-refractivity contribution in [3.05, 3.63) is 46.3 Å². The summed E-state index contributed by atoms with van der Waals surface area (Å²) in [7, 11) is 0. The van der Waals surface area contributed by atoms with Crippen LogP contribution in [0, 0.1) is 6.92 Å². The van der Waals surface area contributed by atoms with Crippen molar-refractivity contribution >= 4 is 44.6 Å². The van der Waals surface area contributed by atoms with Gasteiger partial charge in [-0.1, -0.05) is 24.4 Å². The molecular weight excluding hydrogens is 312 g/mol. The second-order valence-corrected chi connectivity index (χ2v) is 4.91. The number of nitrogens with zero attached hydrogens (tertiary/aromatic N) is 2. The van der Waals surface area contributed by atoms with E-state index in [1.54, 1.807) is 12.4 Å². The van der Waals surface area contributed by atoms with Gasteiger partial charge in [0.1, 0.15) is 10.7 Å². The van der Waals surface area contributed by atoms with E-state index in [-0.39, 0.29) is 4.99 Å². The van der Waals surface area contributed by atoms with Gasteiger partial charge in [-0.25, -0.2) is 9.97 Å². The Balaban J connectivity index is 2.40. The van der Waals surface area contributed by atoms with Crippen LogP contribution in [0.4, 0.5) is 11.5 Å². The average molecular weight is 323 g/mol. The van der Waals surface area contributed by atoms with Gasteiger partial charge in [0.15, 0.2) is 5.82 Å². The Morgan fingerprint density at radius 3 is 2.78 bits per heavy atom. The fourth-order valence-electron chi connectivity index (χ4n) is 1.48. The van der Waals surface area contributed by atoms with Crippen LogP contribution in [0.3, 0.4) is 0 Å². The lowest BCUT2D eigenvalue weighted by molar-refractivity contribution is 1.17. The van der Waals surface area contributed by atoms with Crippen LogP contribution in [0.5, 0.6) is 0 Å². The van der Waals surface area contributed by atoms with Crippen molar-refractivity contribution in [1.82, 2.24) is 9.97 Å². The Morgan fingerprint density at radius 2 is 2.06 bits per heavy atom. The molecular formula is C12H11BrN4S. The topological polar surface area (TPSA) is 63.8 Å². The quantitative estimate of drug-likeness (QED) is 0.851. The van der Waals surface area contributed by atoms with E-state index < -0.39 is 0 Å². The summed E-state index contributed by atoms with van der Waals surface area (Å²) in [5, 5.41) is 3.17. The first-order valence-electron chi connectivity index (χ1n) is 5.22. The van der Waals surface area contributed by atoms with Crippen molar-refractivity contribution in [3.8, 4) is 0 Å². The number of nitrogens with one attached hydrogen (secondary N) is 1. The number of hydrogen-bond donors (Lipinski definition) is 2. The average Bonchev–Trinajstić information content (AvgIpc) is 2.35. The van der Waals surface area contributed by atoms with Crippen LogP contribution >= 0.6 is 28.1 Å². The van der Waals surface area contributed by atoms with Gasteiger partial charge in [-0.15, -0.1) is 0 Å². The first kappa shape index (κ1) is 12.9. The highest BCUT2D eigenvalue weighted by Gasteiger charge is 2.10. The highest BCUT2D eigenvalue weighted by atomic mass is 79.9. The second kappa shape index (κ2) is 5.41. The number of nitrogens with two attached hydrogens (primary N) is 1. The zero-order valence-electron chi connectivity index (χ0n) is 9.64. The Kier molecular flexibility index (Phi) is 3.88. The Morgan fingerprint density at radius 1 is 1.33 bits per heavy atom. The first-order chi connectivity index (χ1) is 8.59. The minimum Gasteiger partial charge on any atom is -0.388 e. The van der Waals surface area contributed by atoms with Gasteiger partial charge in [0.25, 0.3) is 0 Å². The smallest absolute Gasteiger partial charge is 0.159 e. The standard InChI is InChI=1S/C12H11BrN4S/c1-7-3-2-4-8(9(7)13)17-12-10(11(14)18)15-5-6-16-12/h2-6H,1H3,(H2,14,18)(H,16,17). The second-order valence-electron chi connectivity index (χ2n) is 3.68. The van der Waals surface area contributed by atoms with E-state index in [9.17, 15) is 0 Å². The van der Waals surface area contributed by atoms with E-state index in [1.165, 1.54) is 0 Å². The molecule has 0 bridgehead atoms.